The van der Waals surface area contributed by atoms with E-state index in [2.05, 4.69) is 13.5 Å². The van der Waals surface area contributed by atoms with E-state index in [4.69, 9.17) is 23.7 Å². The van der Waals surface area contributed by atoms with E-state index in [9.17, 15) is 27.9 Å². The third-order valence-corrected chi connectivity index (χ3v) is 10.7. The van der Waals surface area contributed by atoms with E-state index in [0.29, 0.717) is 25.0 Å². The lowest BCUT2D eigenvalue weighted by molar-refractivity contribution is -0.278. The van der Waals surface area contributed by atoms with Gasteiger partial charge in [-0.05, 0) is 63.4 Å². The summed E-state index contributed by atoms with van der Waals surface area (Å²) in [6.45, 7) is 12.1. The van der Waals surface area contributed by atoms with Gasteiger partial charge in [0.15, 0.2) is 0 Å². The minimum atomic E-state index is -5.14. The van der Waals surface area contributed by atoms with Crippen LogP contribution in [0.3, 0.4) is 0 Å². The number of esters is 2. The first-order valence-electron chi connectivity index (χ1n) is 15.9. The maximum absolute atomic E-state index is 14.7. The zero-order chi connectivity index (χ0) is 32.9. The molecule has 1 saturated carbocycles. The van der Waals surface area contributed by atoms with Gasteiger partial charge in [0.25, 0.3) is 5.60 Å². The molecule has 0 amide bonds. The number of fused-ring (bicyclic) bond motifs is 8. The quantitative estimate of drug-likeness (QED) is 0.302. The molecular formula is C34H45F3O8. The summed E-state index contributed by atoms with van der Waals surface area (Å²) in [5, 5.41) is 12.0. The Morgan fingerprint density at radius 3 is 2.49 bits per heavy atom. The number of halogens is 3. The normalized spacial score (nSPS) is 39.4. The Morgan fingerprint density at radius 1 is 1.18 bits per heavy atom. The Bertz CT molecular complexity index is 1270. The number of hydrogen-bond donors (Lipinski definition) is 1. The molecule has 11 heteroatoms. The van der Waals surface area contributed by atoms with Crippen LogP contribution in [0.25, 0.3) is 0 Å². The predicted molar refractivity (Wildman–Crippen MR) is 157 cm³/mol. The highest BCUT2D eigenvalue weighted by Gasteiger charge is 2.68. The number of hydrogen-bond acceptors (Lipinski definition) is 8. The highest BCUT2D eigenvalue weighted by molar-refractivity contribution is 5.83. The van der Waals surface area contributed by atoms with Crippen LogP contribution in [0.2, 0.25) is 0 Å². The predicted octanol–water partition coefficient (Wildman–Crippen LogP) is 5.65. The van der Waals surface area contributed by atoms with E-state index in [1.807, 2.05) is 6.92 Å². The van der Waals surface area contributed by atoms with Gasteiger partial charge in [0.05, 0.1) is 17.8 Å². The topological polar surface area (TPSA) is 101 Å². The molecule has 45 heavy (non-hydrogen) atoms. The third kappa shape index (κ3) is 5.72. The van der Waals surface area contributed by atoms with Crippen LogP contribution in [0.1, 0.15) is 71.8 Å². The fraction of sp³-hybridized carbons (Fsp3) is 0.706. The van der Waals surface area contributed by atoms with Crippen LogP contribution in [0, 0.1) is 23.7 Å². The van der Waals surface area contributed by atoms with Crippen LogP contribution in [0.4, 0.5) is 13.2 Å². The summed E-state index contributed by atoms with van der Waals surface area (Å²) >= 11 is 0. The van der Waals surface area contributed by atoms with Crippen molar-refractivity contribution in [2.45, 2.75) is 114 Å². The standard InChI is InChI=1S/C34H45F3O8/c1-7-11-26(38)45-31(4)15-14-23(44-30(39)33(41-6,34(35,36)37)21-12-9-8-10-13-21)19(2)16-24-28-27(29(31)43-24)22-17-25(32(28,5)40)42-18-20(22)3/h8-10,12-13,20,22-25,27-29,40H,2,7,11,14-18H2,1,3-6H3/t20-,22-,23-,24+,25+,27+,28+,29+,31+,32-,33-/m0/s1. The van der Waals surface area contributed by atoms with Gasteiger partial charge < -0.3 is 28.8 Å². The van der Waals surface area contributed by atoms with Crippen molar-refractivity contribution in [1.29, 1.82) is 0 Å². The molecule has 3 saturated heterocycles. The summed E-state index contributed by atoms with van der Waals surface area (Å²) in [6.07, 6.45) is -6.31. The van der Waals surface area contributed by atoms with Gasteiger partial charge in [0.1, 0.15) is 17.8 Å². The van der Waals surface area contributed by atoms with Gasteiger partial charge in [0.2, 0.25) is 0 Å². The van der Waals surface area contributed by atoms with Crippen molar-refractivity contribution < 1.29 is 51.6 Å². The second-order valence-corrected chi connectivity index (χ2v) is 13.7. The van der Waals surface area contributed by atoms with Crippen molar-refractivity contribution in [3.63, 3.8) is 0 Å². The molecule has 0 spiro atoms. The molecule has 8 nitrogen and oxygen atoms in total. The van der Waals surface area contributed by atoms with Crippen LogP contribution in [0.15, 0.2) is 42.5 Å². The first kappa shape index (κ1) is 33.9. The first-order valence-corrected chi connectivity index (χ1v) is 15.9. The van der Waals surface area contributed by atoms with Gasteiger partial charge in [-0.25, -0.2) is 4.79 Å². The van der Waals surface area contributed by atoms with Gasteiger partial charge in [-0.2, -0.15) is 13.2 Å². The van der Waals surface area contributed by atoms with Gasteiger partial charge in [0, 0.05) is 37.5 Å². The minimum absolute atomic E-state index is 0.0409. The average molecular weight is 639 g/mol. The summed E-state index contributed by atoms with van der Waals surface area (Å²) in [6, 6.07) is 6.64. The molecule has 1 aromatic rings. The highest BCUT2D eigenvalue weighted by Crippen LogP contribution is 2.59. The second-order valence-electron chi connectivity index (χ2n) is 13.7. The second kappa shape index (κ2) is 12.3. The van der Waals surface area contributed by atoms with Gasteiger partial charge >= 0.3 is 18.1 Å². The Kier molecular flexibility index (Phi) is 9.25. The molecule has 0 unspecified atom stereocenters. The molecule has 3 aliphatic heterocycles. The van der Waals surface area contributed by atoms with Gasteiger partial charge in [-0.15, -0.1) is 0 Å². The van der Waals surface area contributed by atoms with E-state index in [1.165, 1.54) is 30.3 Å². The summed E-state index contributed by atoms with van der Waals surface area (Å²) in [4.78, 5) is 26.7. The number of carbonyl (C=O) groups is 2. The molecule has 5 rings (SSSR count). The fourth-order valence-electron chi connectivity index (χ4n) is 8.40. The number of carbonyl (C=O) groups excluding carboxylic acids is 2. The largest absolute Gasteiger partial charge is 0.457 e. The summed E-state index contributed by atoms with van der Waals surface area (Å²) in [7, 11) is 0.821. The van der Waals surface area contributed by atoms with Crippen LogP contribution in [-0.2, 0) is 38.9 Å². The lowest BCUT2D eigenvalue weighted by atomic mass is 9.55. The molecule has 3 heterocycles. The molecule has 1 aliphatic carbocycles. The molecule has 4 aliphatic rings. The van der Waals surface area contributed by atoms with E-state index in [1.54, 1.807) is 13.8 Å². The fourth-order valence-corrected chi connectivity index (χ4v) is 8.40. The van der Waals surface area contributed by atoms with E-state index in [-0.39, 0.29) is 43.4 Å². The number of methoxy groups -OCH3 is 1. The number of aliphatic hydroxyl groups is 1. The summed E-state index contributed by atoms with van der Waals surface area (Å²) < 4.78 is 73.7. The Balaban J connectivity index is 1.53. The molecule has 0 radical (unpaired) electrons. The number of ether oxygens (including phenoxy) is 5. The zero-order valence-corrected chi connectivity index (χ0v) is 26.6. The van der Waals surface area contributed by atoms with Crippen molar-refractivity contribution in [3.8, 4) is 0 Å². The smallest absolute Gasteiger partial charge is 0.432 e. The number of benzene rings is 1. The molecule has 250 valence electrons. The van der Waals surface area contributed by atoms with Gasteiger partial charge in [-0.1, -0.05) is 50.8 Å². The van der Waals surface area contributed by atoms with Crippen molar-refractivity contribution in [1.82, 2.24) is 0 Å². The molecule has 4 fully saturated rings. The van der Waals surface area contributed by atoms with Crippen molar-refractivity contribution in [3.05, 3.63) is 48.0 Å². The van der Waals surface area contributed by atoms with E-state index < -0.39 is 70.8 Å². The lowest BCUT2D eigenvalue weighted by Crippen LogP contribution is -2.64. The average Bonchev–Trinajstić information content (AvgIpc) is 3.37. The van der Waals surface area contributed by atoms with E-state index in [0.717, 1.165) is 7.11 Å². The zero-order valence-electron chi connectivity index (χ0n) is 26.6. The van der Waals surface area contributed by atoms with Crippen molar-refractivity contribution >= 4 is 11.9 Å². The van der Waals surface area contributed by atoms with Crippen LogP contribution in [-0.4, -0.2) is 72.6 Å². The Morgan fingerprint density at radius 2 is 1.87 bits per heavy atom. The molecule has 1 N–H and O–H groups in total. The monoisotopic (exact) mass is 638 g/mol. The van der Waals surface area contributed by atoms with E-state index >= 15 is 0 Å². The molecular weight excluding hydrogens is 593 g/mol. The maximum Gasteiger partial charge on any atom is 0.432 e. The SMILES string of the molecule is C=C1C[C@H]2O[C@H]([C@@H]3[C@H]4C[C@@H](OC[C@@H]4C)[C@](C)(O)[C@@H]32)[C@](C)(OC(=O)CCC)CC[C@@H]1OC(=O)[C@@](OC)(c1ccccc1)C(F)(F)F. The lowest BCUT2D eigenvalue weighted by Gasteiger charge is -2.55. The van der Waals surface area contributed by atoms with Crippen molar-refractivity contribution in [2.75, 3.05) is 13.7 Å². The molecule has 4 bridgehead atoms. The molecule has 1 aromatic carbocycles. The maximum atomic E-state index is 14.7. The van der Waals surface area contributed by atoms with Crippen LogP contribution < -0.4 is 0 Å². The van der Waals surface area contributed by atoms with Gasteiger partial charge in [-0.3, -0.25) is 4.79 Å². The Hall–Kier alpha value is -2.47. The van der Waals surface area contributed by atoms with Crippen LogP contribution >= 0.6 is 0 Å². The third-order valence-electron chi connectivity index (χ3n) is 10.7. The highest BCUT2D eigenvalue weighted by atomic mass is 19.4. The number of alkyl halides is 3. The minimum Gasteiger partial charge on any atom is -0.457 e. The molecule has 0 aromatic heterocycles. The number of rotatable bonds is 7. The summed E-state index contributed by atoms with van der Waals surface area (Å²) in [5.41, 5.74) is -5.96. The molecule has 11 atom stereocenters. The Labute approximate surface area is 262 Å². The first-order chi connectivity index (χ1) is 21.1. The summed E-state index contributed by atoms with van der Waals surface area (Å²) in [5.74, 6) is -2.35. The van der Waals surface area contributed by atoms with Crippen LogP contribution in [0.5, 0.6) is 0 Å². The van der Waals surface area contributed by atoms with Crippen molar-refractivity contribution in [2.24, 2.45) is 23.7 Å².